The number of anilines is 1. The molecule has 0 spiro atoms. The van der Waals surface area contributed by atoms with Crippen molar-refractivity contribution in [3.8, 4) is 5.75 Å². The first kappa shape index (κ1) is 15.0. The lowest BCUT2D eigenvalue weighted by Crippen LogP contribution is -2.13. The summed E-state index contributed by atoms with van der Waals surface area (Å²) in [4.78, 5) is 0. The Hall–Kier alpha value is -1.39. The molecule has 0 radical (unpaired) electrons. The van der Waals surface area contributed by atoms with E-state index in [1.807, 2.05) is 0 Å². The number of benzene rings is 1. The number of halogens is 3. The first-order valence-corrected chi connectivity index (χ1v) is 7.06. The lowest BCUT2D eigenvalue weighted by Gasteiger charge is -2.22. The van der Waals surface area contributed by atoms with Gasteiger partial charge in [-0.3, -0.25) is 0 Å². The molecule has 1 aliphatic carbocycles. The molecule has 0 atom stereocenters. The van der Waals surface area contributed by atoms with E-state index in [0.29, 0.717) is 12.5 Å². The van der Waals surface area contributed by atoms with Crippen molar-refractivity contribution in [1.82, 2.24) is 0 Å². The summed E-state index contributed by atoms with van der Waals surface area (Å²) >= 11 is 0. The average Bonchev–Trinajstić information content (AvgIpc) is 2.40. The van der Waals surface area contributed by atoms with Crippen LogP contribution in [0.15, 0.2) is 18.2 Å². The van der Waals surface area contributed by atoms with E-state index in [2.05, 4.69) is 0 Å². The molecular formula is C15H20F3NO. The summed E-state index contributed by atoms with van der Waals surface area (Å²) in [5, 5.41) is 0. The van der Waals surface area contributed by atoms with Gasteiger partial charge in [0.15, 0.2) is 0 Å². The molecule has 0 aliphatic heterocycles. The topological polar surface area (TPSA) is 35.2 Å². The van der Waals surface area contributed by atoms with Crippen LogP contribution >= 0.6 is 0 Å². The Kier molecular flexibility index (Phi) is 4.78. The largest absolute Gasteiger partial charge is 0.493 e. The second-order valence-electron chi connectivity index (χ2n) is 5.39. The van der Waals surface area contributed by atoms with Gasteiger partial charge in [0.2, 0.25) is 0 Å². The SMILES string of the molecule is Nc1ccc(OCCC2CCCCC2)c(C(F)(F)F)c1. The number of alkyl halides is 3. The van der Waals surface area contributed by atoms with Crippen molar-refractivity contribution < 1.29 is 17.9 Å². The molecule has 2 N–H and O–H groups in total. The van der Waals surface area contributed by atoms with E-state index in [1.54, 1.807) is 0 Å². The van der Waals surface area contributed by atoms with Gasteiger partial charge < -0.3 is 10.5 Å². The normalized spacial score (nSPS) is 17.1. The summed E-state index contributed by atoms with van der Waals surface area (Å²) in [6.45, 7) is 0.331. The Bertz CT molecular complexity index is 439. The highest BCUT2D eigenvalue weighted by molar-refractivity contribution is 5.49. The number of rotatable bonds is 4. The molecule has 0 aromatic heterocycles. The van der Waals surface area contributed by atoms with E-state index in [1.165, 1.54) is 31.4 Å². The molecule has 2 rings (SSSR count). The molecule has 0 amide bonds. The maximum Gasteiger partial charge on any atom is 0.420 e. The minimum absolute atomic E-state index is 0.0944. The van der Waals surface area contributed by atoms with Gasteiger partial charge in [0.1, 0.15) is 5.75 Å². The maximum absolute atomic E-state index is 12.9. The van der Waals surface area contributed by atoms with Crippen LogP contribution in [0.3, 0.4) is 0 Å². The lowest BCUT2D eigenvalue weighted by atomic mass is 9.87. The van der Waals surface area contributed by atoms with Crippen LogP contribution in [0, 0.1) is 5.92 Å². The van der Waals surface area contributed by atoms with Crippen molar-refractivity contribution in [2.24, 2.45) is 5.92 Å². The van der Waals surface area contributed by atoms with Crippen molar-refractivity contribution >= 4 is 5.69 Å². The minimum atomic E-state index is -4.43. The van der Waals surface area contributed by atoms with E-state index >= 15 is 0 Å². The van der Waals surface area contributed by atoms with Gasteiger partial charge in [-0.15, -0.1) is 0 Å². The fourth-order valence-electron chi connectivity index (χ4n) is 2.71. The van der Waals surface area contributed by atoms with Crippen molar-refractivity contribution in [1.29, 1.82) is 0 Å². The van der Waals surface area contributed by atoms with Crippen LogP contribution in [0.25, 0.3) is 0 Å². The molecule has 1 saturated carbocycles. The first-order valence-electron chi connectivity index (χ1n) is 7.06. The fourth-order valence-corrected chi connectivity index (χ4v) is 2.71. The molecule has 20 heavy (non-hydrogen) atoms. The molecule has 2 nitrogen and oxygen atoms in total. The molecule has 0 heterocycles. The molecule has 1 fully saturated rings. The monoisotopic (exact) mass is 287 g/mol. The van der Waals surface area contributed by atoms with Crippen LogP contribution in [-0.4, -0.2) is 6.61 Å². The highest BCUT2D eigenvalue weighted by atomic mass is 19.4. The number of hydrogen-bond donors (Lipinski definition) is 1. The second kappa shape index (κ2) is 6.37. The third-order valence-electron chi connectivity index (χ3n) is 3.82. The fraction of sp³-hybridized carbons (Fsp3) is 0.600. The Morgan fingerprint density at radius 1 is 1.15 bits per heavy atom. The highest BCUT2D eigenvalue weighted by Gasteiger charge is 2.34. The second-order valence-corrected chi connectivity index (χ2v) is 5.39. The van der Waals surface area contributed by atoms with Crippen molar-refractivity contribution in [2.45, 2.75) is 44.7 Å². The number of nitrogens with two attached hydrogens (primary N) is 1. The minimum Gasteiger partial charge on any atom is -0.493 e. The third kappa shape index (κ3) is 4.05. The van der Waals surface area contributed by atoms with Gasteiger partial charge in [0.25, 0.3) is 0 Å². The van der Waals surface area contributed by atoms with E-state index in [0.717, 1.165) is 25.3 Å². The molecular weight excluding hydrogens is 267 g/mol. The standard InChI is InChI=1S/C15H20F3NO/c16-15(17,18)13-10-12(19)6-7-14(13)20-9-8-11-4-2-1-3-5-11/h6-7,10-11H,1-5,8-9,19H2. The summed E-state index contributed by atoms with van der Waals surface area (Å²) in [5.74, 6) is 0.467. The predicted octanol–water partition coefficient (Wildman–Crippen LogP) is 4.64. The van der Waals surface area contributed by atoms with Crippen LogP contribution in [0.1, 0.15) is 44.1 Å². The van der Waals surface area contributed by atoms with Gasteiger partial charge in [0, 0.05) is 5.69 Å². The van der Waals surface area contributed by atoms with Gasteiger partial charge in [-0.05, 0) is 30.5 Å². The predicted molar refractivity (Wildman–Crippen MR) is 72.5 cm³/mol. The van der Waals surface area contributed by atoms with Gasteiger partial charge in [-0.2, -0.15) is 13.2 Å². The summed E-state index contributed by atoms with van der Waals surface area (Å²) < 4.78 is 44.0. The molecule has 1 aromatic carbocycles. The molecule has 1 aliphatic rings. The molecule has 0 saturated heterocycles. The zero-order valence-corrected chi connectivity index (χ0v) is 11.4. The van der Waals surface area contributed by atoms with Crippen molar-refractivity contribution in [2.75, 3.05) is 12.3 Å². The zero-order chi connectivity index (χ0) is 14.6. The molecule has 0 bridgehead atoms. The van der Waals surface area contributed by atoms with Gasteiger partial charge in [-0.1, -0.05) is 32.1 Å². The summed E-state index contributed by atoms with van der Waals surface area (Å²) in [5.41, 5.74) is 4.72. The van der Waals surface area contributed by atoms with Gasteiger partial charge in [0.05, 0.1) is 12.2 Å². The summed E-state index contributed by atoms with van der Waals surface area (Å²) in [7, 11) is 0. The average molecular weight is 287 g/mol. The molecule has 1 aromatic rings. The third-order valence-corrected chi connectivity index (χ3v) is 3.82. The molecule has 112 valence electrons. The highest BCUT2D eigenvalue weighted by Crippen LogP contribution is 2.37. The Morgan fingerprint density at radius 2 is 1.85 bits per heavy atom. The number of hydrogen-bond acceptors (Lipinski definition) is 2. The Morgan fingerprint density at radius 3 is 2.50 bits per heavy atom. The van der Waals surface area contributed by atoms with E-state index in [-0.39, 0.29) is 11.4 Å². The van der Waals surface area contributed by atoms with E-state index < -0.39 is 11.7 Å². The van der Waals surface area contributed by atoms with E-state index in [4.69, 9.17) is 10.5 Å². The summed E-state index contributed by atoms with van der Waals surface area (Å²) in [6, 6.07) is 3.67. The van der Waals surface area contributed by atoms with Crippen LogP contribution in [0.2, 0.25) is 0 Å². The molecule has 0 unspecified atom stereocenters. The smallest absolute Gasteiger partial charge is 0.420 e. The van der Waals surface area contributed by atoms with Crippen molar-refractivity contribution in [3.05, 3.63) is 23.8 Å². The van der Waals surface area contributed by atoms with Crippen LogP contribution in [0.4, 0.5) is 18.9 Å². The summed E-state index contributed by atoms with van der Waals surface area (Å²) in [6.07, 6.45) is 2.43. The lowest BCUT2D eigenvalue weighted by molar-refractivity contribution is -0.138. The van der Waals surface area contributed by atoms with Crippen LogP contribution in [0.5, 0.6) is 5.75 Å². The molecule has 5 heteroatoms. The zero-order valence-electron chi connectivity index (χ0n) is 11.4. The maximum atomic E-state index is 12.9. The van der Waals surface area contributed by atoms with Crippen LogP contribution in [-0.2, 0) is 6.18 Å². The van der Waals surface area contributed by atoms with E-state index in [9.17, 15) is 13.2 Å². The Balaban J connectivity index is 1.95. The number of nitrogen functional groups attached to an aromatic ring is 1. The van der Waals surface area contributed by atoms with Crippen molar-refractivity contribution in [3.63, 3.8) is 0 Å². The first-order chi connectivity index (χ1) is 9.47. The van der Waals surface area contributed by atoms with Gasteiger partial charge >= 0.3 is 6.18 Å². The number of ether oxygens (including phenoxy) is 1. The van der Waals surface area contributed by atoms with Crippen LogP contribution < -0.4 is 10.5 Å². The van der Waals surface area contributed by atoms with Gasteiger partial charge in [-0.25, -0.2) is 0 Å². The Labute approximate surface area is 117 Å². The quantitative estimate of drug-likeness (QED) is 0.819.